The average Bonchev–Trinajstić information content (AvgIpc) is 2.79. The standard InChI is InChI=1S/C26H27FO5S3/c1-26(2,3)33-24(28)18-23(19-14-16-20(27)17-15-19)25(34(29,30)21-10-6-4-7-11-21)35(31,32)22-12-8-5-9-13-22/h4-17,23,25H,18H2,1-3H3/t23-/m0/s1. The number of halogens is 1. The van der Waals surface area contributed by atoms with Crippen LogP contribution in [0.3, 0.4) is 0 Å². The summed E-state index contributed by atoms with van der Waals surface area (Å²) in [4.78, 5) is 12.7. The van der Waals surface area contributed by atoms with Gasteiger partial charge >= 0.3 is 0 Å². The van der Waals surface area contributed by atoms with E-state index in [1.54, 1.807) is 12.1 Å². The third kappa shape index (κ3) is 6.59. The normalized spacial score (nSPS) is 13.5. The zero-order valence-electron chi connectivity index (χ0n) is 19.6. The molecule has 0 spiro atoms. The van der Waals surface area contributed by atoms with Crippen molar-refractivity contribution in [2.75, 3.05) is 0 Å². The molecule has 3 aromatic carbocycles. The summed E-state index contributed by atoms with van der Waals surface area (Å²) in [5, 5.41) is -0.358. The Morgan fingerprint density at radius 1 is 0.771 bits per heavy atom. The number of sulfone groups is 2. The molecule has 9 heteroatoms. The Labute approximate surface area is 210 Å². The van der Waals surface area contributed by atoms with Crippen molar-refractivity contribution in [3.8, 4) is 0 Å². The number of hydrogen-bond donors (Lipinski definition) is 0. The molecular formula is C26H27FO5S3. The van der Waals surface area contributed by atoms with Gasteiger partial charge in [-0.25, -0.2) is 21.2 Å². The topological polar surface area (TPSA) is 85.3 Å². The second-order valence-electron chi connectivity index (χ2n) is 9.03. The van der Waals surface area contributed by atoms with Crippen LogP contribution in [0.2, 0.25) is 0 Å². The molecular weight excluding hydrogens is 507 g/mol. The van der Waals surface area contributed by atoms with Crippen molar-refractivity contribution in [2.45, 2.75) is 52.2 Å². The van der Waals surface area contributed by atoms with Crippen molar-refractivity contribution in [3.63, 3.8) is 0 Å². The Kier molecular flexibility index (Phi) is 8.24. The molecule has 3 rings (SSSR count). The van der Waals surface area contributed by atoms with Crippen molar-refractivity contribution in [2.24, 2.45) is 0 Å². The molecule has 5 nitrogen and oxygen atoms in total. The van der Waals surface area contributed by atoms with Gasteiger partial charge in [0.1, 0.15) is 5.82 Å². The van der Waals surface area contributed by atoms with Crippen LogP contribution in [0.4, 0.5) is 4.39 Å². The summed E-state index contributed by atoms with van der Waals surface area (Å²) in [5.74, 6) is -1.83. The van der Waals surface area contributed by atoms with Crippen LogP contribution in [0.25, 0.3) is 0 Å². The minimum atomic E-state index is -4.50. The minimum Gasteiger partial charge on any atom is -0.287 e. The predicted molar refractivity (Wildman–Crippen MR) is 137 cm³/mol. The van der Waals surface area contributed by atoms with E-state index in [1.807, 2.05) is 20.8 Å². The minimum absolute atomic E-state index is 0.174. The molecule has 1 atom stereocenters. The molecule has 0 saturated carbocycles. The maximum atomic E-state index is 13.9. The summed E-state index contributed by atoms with van der Waals surface area (Å²) in [5.41, 5.74) is 0.248. The summed E-state index contributed by atoms with van der Waals surface area (Å²) < 4.78 is 67.0. The largest absolute Gasteiger partial charge is 0.287 e. The Bertz CT molecular complexity index is 1290. The zero-order chi connectivity index (χ0) is 25.9. The number of carbonyl (C=O) groups excluding carboxylic acids is 1. The molecule has 0 amide bonds. The fourth-order valence-corrected chi connectivity index (χ4v) is 9.66. The first-order valence-corrected chi connectivity index (χ1v) is 14.8. The van der Waals surface area contributed by atoms with E-state index < -0.39 is 40.7 Å². The van der Waals surface area contributed by atoms with Gasteiger partial charge in [-0.3, -0.25) is 4.79 Å². The van der Waals surface area contributed by atoms with E-state index in [0.29, 0.717) is 0 Å². The Hall–Kier alpha value is -2.49. The number of benzene rings is 3. The highest BCUT2D eigenvalue weighted by molar-refractivity contribution is 8.14. The van der Waals surface area contributed by atoms with Crippen molar-refractivity contribution >= 4 is 36.6 Å². The van der Waals surface area contributed by atoms with E-state index in [-0.39, 0.29) is 26.9 Å². The Balaban J connectivity index is 2.27. The number of carbonyl (C=O) groups is 1. The molecule has 0 bridgehead atoms. The molecule has 0 aliphatic carbocycles. The third-order valence-electron chi connectivity index (χ3n) is 5.19. The third-order valence-corrected chi connectivity index (χ3v) is 11.5. The molecule has 0 saturated heterocycles. The molecule has 0 aliphatic heterocycles. The van der Waals surface area contributed by atoms with Crippen LogP contribution in [-0.4, -0.2) is 31.3 Å². The first kappa shape index (κ1) is 27.1. The van der Waals surface area contributed by atoms with Crippen LogP contribution in [0, 0.1) is 5.82 Å². The lowest BCUT2D eigenvalue weighted by Crippen LogP contribution is -2.37. The van der Waals surface area contributed by atoms with Gasteiger partial charge in [-0.05, 0) is 42.0 Å². The van der Waals surface area contributed by atoms with Crippen molar-refractivity contribution < 1.29 is 26.0 Å². The maximum Gasteiger partial charge on any atom is 0.196 e. The molecule has 0 radical (unpaired) electrons. The maximum absolute atomic E-state index is 13.9. The molecule has 186 valence electrons. The molecule has 0 heterocycles. The summed E-state index contributed by atoms with van der Waals surface area (Å²) in [6.45, 7) is 5.50. The van der Waals surface area contributed by atoms with Crippen LogP contribution in [0.15, 0.2) is 94.7 Å². The second kappa shape index (κ2) is 10.6. The number of rotatable bonds is 8. The van der Waals surface area contributed by atoms with Crippen LogP contribution in [0.1, 0.15) is 38.7 Å². The van der Waals surface area contributed by atoms with E-state index in [4.69, 9.17) is 0 Å². The predicted octanol–water partition coefficient (Wildman–Crippen LogP) is 5.63. The molecule has 35 heavy (non-hydrogen) atoms. The first-order valence-electron chi connectivity index (χ1n) is 10.9. The average molecular weight is 535 g/mol. The van der Waals surface area contributed by atoms with E-state index >= 15 is 0 Å². The van der Waals surface area contributed by atoms with E-state index in [1.165, 1.54) is 60.7 Å². The van der Waals surface area contributed by atoms with Gasteiger partial charge in [-0.15, -0.1) is 0 Å². The summed E-state index contributed by atoms with van der Waals surface area (Å²) in [6, 6.07) is 19.5. The molecule has 0 aliphatic rings. The monoisotopic (exact) mass is 534 g/mol. The van der Waals surface area contributed by atoms with E-state index in [2.05, 4.69) is 0 Å². The van der Waals surface area contributed by atoms with Gasteiger partial charge < -0.3 is 0 Å². The summed E-state index contributed by atoms with van der Waals surface area (Å²) in [7, 11) is -8.99. The van der Waals surface area contributed by atoms with Crippen LogP contribution in [-0.2, 0) is 24.5 Å². The van der Waals surface area contributed by atoms with Gasteiger partial charge in [0.15, 0.2) is 29.4 Å². The first-order chi connectivity index (χ1) is 16.3. The van der Waals surface area contributed by atoms with Crippen LogP contribution >= 0.6 is 11.8 Å². The van der Waals surface area contributed by atoms with Crippen molar-refractivity contribution in [1.82, 2.24) is 0 Å². The van der Waals surface area contributed by atoms with Gasteiger partial charge in [0, 0.05) is 17.1 Å². The lowest BCUT2D eigenvalue weighted by atomic mass is 9.98. The van der Waals surface area contributed by atoms with Crippen LogP contribution < -0.4 is 0 Å². The molecule has 0 unspecified atom stereocenters. The Morgan fingerprint density at radius 3 is 1.60 bits per heavy atom. The van der Waals surface area contributed by atoms with Crippen LogP contribution in [0.5, 0.6) is 0 Å². The molecule has 0 aromatic heterocycles. The summed E-state index contributed by atoms with van der Waals surface area (Å²) in [6.07, 6.45) is -0.365. The highest BCUT2D eigenvalue weighted by atomic mass is 32.3. The SMILES string of the molecule is CC(C)(C)SC(=O)C[C@@H](c1ccc(F)cc1)C(S(=O)(=O)c1ccccc1)S(=O)(=O)c1ccccc1. The second-order valence-corrected chi connectivity index (χ2v) is 15.4. The lowest BCUT2D eigenvalue weighted by Gasteiger charge is -2.28. The smallest absolute Gasteiger partial charge is 0.196 e. The molecule has 0 N–H and O–H groups in total. The van der Waals surface area contributed by atoms with Crippen molar-refractivity contribution in [1.29, 1.82) is 0 Å². The van der Waals surface area contributed by atoms with E-state index in [0.717, 1.165) is 23.9 Å². The highest BCUT2D eigenvalue weighted by Crippen LogP contribution is 2.40. The fraction of sp³-hybridized carbons (Fsp3) is 0.269. The van der Waals surface area contributed by atoms with Gasteiger partial charge in [-0.1, -0.05) is 81.1 Å². The van der Waals surface area contributed by atoms with Gasteiger partial charge in [-0.2, -0.15) is 0 Å². The van der Waals surface area contributed by atoms with Gasteiger partial charge in [0.2, 0.25) is 0 Å². The lowest BCUT2D eigenvalue weighted by molar-refractivity contribution is -0.111. The Morgan fingerprint density at radius 2 is 1.20 bits per heavy atom. The molecule has 0 fully saturated rings. The quantitative estimate of drug-likeness (QED) is 0.372. The van der Waals surface area contributed by atoms with E-state index in [9.17, 15) is 26.0 Å². The zero-order valence-corrected chi connectivity index (χ0v) is 22.0. The van der Waals surface area contributed by atoms with Gasteiger partial charge in [0.25, 0.3) is 0 Å². The summed E-state index contributed by atoms with van der Waals surface area (Å²) >= 11 is 1.01. The fourth-order valence-electron chi connectivity index (χ4n) is 3.73. The van der Waals surface area contributed by atoms with Crippen molar-refractivity contribution in [3.05, 3.63) is 96.3 Å². The number of hydrogen-bond acceptors (Lipinski definition) is 6. The molecule has 3 aromatic rings. The van der Waals surface area contributed by atoms with Gasteiger partial charge in [0.05, 0.1) is 9.79 Å². The highest BCUT2D eigenvalue weighted by Gasteiger charge is 2.47. The number of thioether (sulfide) groups is 1.